The van der Waals surface area contributed by atoms with Gasteiger partial charge >= 0.3 is 0 Å². The summed E-state index contributed by atoms with van der Waals surface area (Å²) in [4.78, 5) is 0. The van der Waals surface area contributed by atoms with Crippen molar-refractivity contribution in [3.05, 3.63) is 58.1 Å². The molecule has 5 nitrogen and oxygen atoms in total. The predicted molar refractivity (Wildman–Crippen MR) is 74.6 cm³/mol. The molecule has 0 spiro atoms. The Morgan fingerprint density at radius 2 is 1.59 bits per heavy atom. The van der Waals surface area contributed by atoms with E-state index in [4.69, 9.17) is 10.00 Å². The van der Waals surface area contributed by atoms with E-state index >= 15 is 0 Å². The minimum absolute atomic E-state index is 0.0213. The van der Waals surface area contributed by atoms with Crippen LogP contribution < -0.4 is 4.74 Å². The predicted octanol–water partition coefficient (Wildman–Crippen LogP) is 3.06. The quantitative estimate of drug-likeness (QED) is 0.738. The summed E-state index contributed by atoms with van der Waals surface area (Å²) in [5, 5.41) is 37.3. The standard InChI is InChI=1S/C17H6N4O/c18-6-10-5-16-17(14(9-21)12(10)7-19)13(8-20)11-3-1-2-4-15(11)22-16/h1-5,13H. The second kappa shape index (κ2) is 4.95. The number of fused-ring (bicyclic) bond motifs is 2. The van der Waals surface area contributed by atoms with Gasteiger partial charge in [0.15, 0.2) is 0 Å². The van der Waals surface area contributed by atoms with Gasteiger partial charge in [-0.2, -0.15) is 21.0 Å². The molecule has 0 bridgehead atoms. The molecule has 0 radical (unpaired) electrons. The Morgan fingerprint density at radius 3 is 2.23 bits per heavy atom. The molecule has 1 heterocycles. The van der Waals surface area contributed by atoms with Crippen LogP contribution >= 0.6 is 0 Å². The van der Waals surface area contributed by atoms with Crippen LogP contribution in [0.3, 0.4) is 0 Å². The lowest BCUT2D eigenvalue weighted by atomic mass is 9.83. The molecule has 0 aliphatic carbocycles. The van der Waals surface area contributed by atoms with E-state index in [1.807, 2.05) is 18.2 Å². The lowest BCUT2D eigenvalue weighted by Gasteiger charge is -2.25. The Bertz CT molecular complexity index is 964. The average molecular weight is 282 g/mol. The molecule has 1 unspecified atom stereocenters. The van der Waals surface area contributed by atoms with Crippen LogP contribution in [0, 0.1) is 45.3 Å². The molecule has 100 valence electrons. The summed E-state index contributed by atoms with van der Waals surface area (Å²) >= 11 is 0. The molecular formula is C17H6N4O. The second-order valence-electron chi connectivity index (χ2n) is 4.62. The van der Waals surface area contributed by atoms with Crippen LogP contribution in [0.4, 0.5) is 0 Å². The minimum atomic E-state index is -0.713. The molecule has 0 N–H and O–H groups in total. The molecular weight excluding hydrogens is 276 g/mol. The van der Waals surface area contributed by atoms with Crippen molar-refractivity contribution in [2.45, 2.75) is 5.92 Å². The highest BCUT2D eigenvalue weighted by Gasteiger charge is 2.32. The third-order valence-electron chi connectivity index (χ3n) is 3.54. The lowest BCUT2D eigenvalue weighted by molar-refractivity contribution is 0.454. The van der Waals surface area contributed by atoms with Crippen LogP contribution in [0.2, 0.25) is 0 Å². The topological polar surface area (TPSA) is 104 Å². The number of nitrogens with zero attached hydrogens (tertiary/aromatic N) is 4. The maximum atomic E-state index is 9.53. The van der Waals surface area contributed by atoms with Crippen molar-refractivity contribution in [1.82, 2.24) is 0 Å². The van der Waals surface area contributed by atoms with Gasteiger partial charge in [0.05, 0.1) is 22.8 Å². The number of nitriles is 4. The number of para-hydroxylation sites is 1. The Labute approximate surface area is 126 Å². The van der Waals surface area contributed by atoms with Gasteiger partial charge in [-0.1, -0.05) is 18.2 Å². The molecule has 0 saturated carbocycles. The van der Waals surface area contributed by atoms with Crippen LogP contribution in [-0.4, -0.2) is 0 Å². The Hall–Kier alpha value is -3.80. The van der Waals surface area contributed by atoms with E-state index in [0.29, 0.717) is 16.9 Å². The molecule has 3 rings (SSSR count). The maximum absolute atomic E-state index is 9.53. The van der Waals surface area contributed by atoms with E-state index in [2.05, 4.69) is 6.07 Å². The van der Waals surface area contributed by atoms with E-state index in [-0.39, 0.29) is 22.4 Å². The van der Waals surface area contributed by atoms with Gasteiger partial charge in [0.1, 0.15) is 35.6 Å². The third kappa shape index (κ3) is 1.68. The molecule has 22 heavy (non-hydrogen) atoms. The van der Waals surface area contributed by atoms with Crippen molar-refractivity contribution in [2.24, 2.45) is 0 Å². The zero-order valence-electron chi connectivity index (χ0n) is 11.2. The van der Waals surface area contributed by atoms with Crippen LogP contribution in [0.15, 0.2) is 30.3 Å². The van der Waals surface area contributed by atoms with Crippen LogP contribution in [0.5, 0.6) is 11.5 Å². The SMILES string of the molecule is N#Cc1cc2c(c(C#N)c1C#N)C(C#N)c1ccccc1O2. The van der Waals surface area contributed by atoms with Gasteiger partial charge < -0.3 is 4.74 Å². The van der Waals surface area contributed by atoms with Gasteiger partial charge in [0.2, 0.25) is 0 Å². The summed E-state index contributed by atoms with van der Waals surface area (Å²) in [5.41, 5.74) is 1.06. The number of hydrogen-bond donors (Lipinski definition) is 0. The Balaban J connectivity index is 2.40. The zero-order chi connectivity index (χ0) is 15.7. The maximum Gasteiger partial charge on any atom is 0.135 e. The number of hydrogen-bond acceptors (Lipinski definition) is 5. The van der Waals surface area contributed by atoms with Crippen LogP contribution in [0.1, 0.15) is 33.7 Å². The van der Waals surface area contributed by atoms with Gasteiger partial charge in [-0.15, -0.1) is 0 Å². The molecule has 1 aliphatic heterocycles. The van der Waals surface area contributed by atoms with E-state index in [1.165, 1.54) is 6.07 Å². The molecule has 1 atom stereocenters. The van der Waals surface area contributed by atoms with Crippen molar-refractivity contribution >= 4 is 0 Å². The normalized spacial score (nSPS) is 14.1. The van der Waals surface area contributed by atoms with Crippen LogP contribution in [0.25, 0.3) is 0 Å². The van der Waals surface area contributed by atoms with Gasteiger partial charge in [-0.25, -0.2) is 0 Å². The van der Waals surface area contributed by atoms with Crippen LogP contribution in [-0.2, 0) is 0 Å². The highest BCUT2D eigenvalue weighted by atomic mass is 16.5. The first-order chi connectivity index (χ1) is 10.7. The van der Waals surface area contributed by atoms with Gasteiger partial charge in [-0.3, -0.25) is 0 Å². The van der Waals surface area contributed by atoms with Gasteiger partial charge in [0.25, 0.3) is 0 Å². The first-order valence-corrected chi connectivity index (χ1v) is 6.32. The molecule has 5 heteroatoms. The Kier molecular flexibility index (Phi) is 2.97. The largest absolute Gasteiger partial charge is 0.457 e. The summed E-state index contributed by atoms with van der Waals surface area (Å²) in [6.45, 7) is 0. The van der Waals surface area contributed by atoms with E-state index in [1.54, 1.807) is 24.3 Å². The van der Waals surface area contributed by atoms with E-state index in [0.717, 1.165) is 0 Å². The summed E-state index contributed by atoms with van der Waals surface area (Å²) in [6, 6.07) is 16.3. The second-order valence-corrected chi connectivity index (χ2v) is 4.62. The molecule has 0 amide bonds. The molecule has 0 saturated heterocycles. The van der Waals surface area contributed by atoms with E-state index < -0.39 is 5.92 Å². The van der Waals surface area contributed by atoms with Crippen molar-refractivity contribution < 1.29 is 4.74 Å². The fraction of sp³-hybridized carbons (Fsp3) is 0.0588. The van der Waals surface area contributed by atoms with E-state index in [9.17, 15) is 15.8 Å². The highest BCUT2D eigenvalue weighted by molar-refractivity contribution is 5.69. The minimum Gasteiger partial charge on any atom is -0.457 e. The number of ether oxygens (including phenoxy) is 1. The van der Waals surface area contributed by atoms with Crippen molar-refractivity contribution in [2.75, 3.05) is 0 Å². The summed E-state index contributed by atoms with van der Waals surface area (Å²) in [7, 11) is 0. The van der Waals surface area contributed by atoms with Gasteiger partial charge in [0, 0.05) is 17.2 Å². The highest BCUT2D eigenvalue weighted by Crippen LogP contribution is 2.46. The summed E-state index contributed by atoms with van der Waals surface area (Å²) in [5.74, 6) is 0.0748. The molecule has 0 fully saturated rings. The van der Waals surface area contributed by atoms with Crippen molar-refractivity contribution in [3.8, 4) is 35.8 Å². The summed E-state index contributed by atoms with van der Waals surface area (Å²) < 4.78 is 5.73. The van der Waals surface area contributed by atoms with Crippen molar-refractivity contribution in [3.63, 3.8) is 0 Å². The average Bonchev–Trinajstić information content (AvgIpc) is 2.57. The first kappa shape index (κ1) is 13.2. The first-order valence-electron chi connectivity index (χ1n) is 6.32. The number of benzene rings is 2. The fourth-order valence-electron chi connectivity index (χ4n) is 2.59. The zero-order valence-corrected chi connectivity index (χ0v) is 11.2. The summed E-state index contributed by atoms with van der Waals surface area (Å²) in [6.07, 6.45) is 0. The molecule has 2 aromatic carbocycles. The monoisotopic (exact) mass is 282 g/mol. The molecule has 1 aliphatic rings. The van der Waals surface area contributed by atoms with Gasteiger partial charge in [-0.05, 0) is 6.07 Å². The molecule has 0 aromatic heterocycles. The Morgan fingerprint density at radius 1 is 0.864 bits per heavy atom. The number of rotatable bonds is 0. The lowest BCUT2D eigenvalue weighted by Crippen LogP contribution is -2.12. The third-order valence-corrected chi connectivity index (χ3v) is 3.54. The fourth-order valence-corrected chi connectivity index (χ4v) is 2.59. The van der Waals surface area contributed by atoms with Crippen molar-refractivity contribution in [1.29, 1.82) is 21.0 Å². The smallest absolute Gasteiger partial charge is 0.135 e. The molecule has 2 aromatic rings.